The first-order valence-corrected chi connectivity index (χ1v) is 9.57. The fourth-order valence-corrected chi connectivity index (χ4v) is 3.57. The summed E-state index contributed by atoms with van der Waals surface area (Å²) in [7, 11) is 1.10. The molecule has 0 atom stereocenters. The zero-order chi connectivity index (χ0) is 23.1. The summed E-state index contributed by atoms with van der Waals surface area (Å²) in [6.07, 6.45) is -7.80. The largest absolute Gasteiger partial charge is 0.482 e. The van der Waals surface area contributed by atoms with Crippen LogP contribution in [0, 0.1) is 0 Å². The van der Waals surface area contributed by atoms with Crippen molar-refractivity contribution in [3.05, 3.63) is 46.8 Å². The third-order valence-corrected chi connectivity index (χ3v) is 5.23. The van der Waals surface area contributed by atoms with Gasteiger partial charge in [-0.05, 0) is 23.7 Å². The molecule has 0 radical (unpaired) electrons. The molecule has 2 aromatic heterocycles. The molecule has 168 valence electrons. The number of pyridine rings is 1. The van der Waals surface area contributed by atoms with Gasteiger partial charge in [-0.15, -0.1) is 5.10 Å². The number of nitrogens with one attached hydrogen (secondary N) is 2. The van der Waals surface area contributed by atoms with Gasteiger partial charge >= 0.3 is 12.4 Å². The first kappa shape index (κ1) is 21.8. The lowest BCUT2D eigenvalue weighted by atomic mass is 10.1. The van der Waals surface area contributed by atoms with Gasteiger partial charge in [0, 0.05) is 17.1 Å². The molecule has 0 saturated carbocycles. The number of fused-ring (bicyclic) bond motifs is 1. The van der Waals surface area contributed by atoms with Crippen LogP contribution in [0.15, 0.2) is 46.9 Å². The maximum Gasteiger partial charge on any atom is 0.429 e. The van der Waals surface area contributed by atoms with E-state index in [0.29, 0.717) is 16.6 Å². The van der Waals surface area contributed by atoms with Crippen LogP contribution in [0.5, 0.6) is 0 Å². The Bertz CT molecular complexity index is 1230. The Morgan fingerprint density at radius 1 is 1.09 bits per heavy atom. The number of aliphatic imine (C=N–C) groups is 1. The van der Waals surface area contributed by atoms with Crippen LogP contribution in [0.1, 0.15) is 4.88 Å². The lowest BCUT2D eigenvalue weighted by Gasteiger charge is -2.23. The Morgan fingerprint density at radius 2 is 1.88 bits per heavy atom. The molecule has 1 aromatic carbocycles. The standard InChI is InChI=1S/C18H12F6N6OS/c1-31-15-10(17(19,20)21)7-26-16(28-15)27-11-4-5-25-12-6-8(2-3-9(11)12)13-14(18(22,23)24)32-30-29-13/h2-6H,7H2,1H3,(H2,25,26,27,28). The van der Waals surface area contributed by atoms with Crippen molar-refractivity contribution in [1.82, 2.24) is 19.9 Å². The minimum atomic E-state index is -4.60. The van der Waals surface area contributed by atoms with Crippen molar-refractivity contribution in [3.8, 4) is 11.3 Å². The van der Waals surface area contributed by atoms with Gasteiger partial charge in [0.2, 0.25) is 11.8 Å². The number of halogens is 6. The molecule has 7 nitrogen and oxygen atoms in total. The van der Waals surface area contributed by atoms with E-state index in [1.54, 1.807) is 6.07 Å². The highest BCUT2D eigenvalue weighted by molar-refractivity contribution is 7.06. The van der Waals surface area contributed by atoms with Crippen LogP contribution >= 0.6 is 11.5 Å². The first-order chi connectivity index (χ1) is 15.1. The highest BCUT2D eigenvalue weighted by Crippen LogP contribution is 2.39. The van der Waals surface area contributed by atoms with Crippen LogP contribution in [-0.2, 0) is 10.9 Å². The first-order valence-electron chi connectivity index (χ1n) is 8.79. The van der Waals surface area contributed by atoms with Crippen LogP contribution < -0.4 is 10.6 Å². The summed E-state index contributed by atoms with van der Waals surface area (Å²) in [5.41, 5.74) is -0.324. The third kappa shape index (κ3) is 4.17. The number of rotatable bonds is 3. The smallest absolute Gasteiger partial charge is 0.429 e. The van der Waals surface area contributed by atoms with E-state index in [9.17, 15) is 26.3 Å². The summed E-state index contributed by atoms with van der Waals surface area (Å²) in [5.74, 6) is -0.471. The summed E-state index contributed by atoms with van der Waals surface area (Å²) in [6, 6.07) is 5.93. The van der Waals surface area contributed by atoms with Crippen LogP contribution in [0.2, 0.25) is 0 Å². The van der Waals surface area contributed by atoms with E-state index < -0.39 is 35.2 Å². The van der Waals surface area contributed by atoms with Crippen molar-refractivity contribution >= 4 is 34.1 Å². The molecule has 0 aliphatic carbocycles. The zero-order valence-electron chi connectivity index (χ0n) is 16.0. The average molecular weight is 474 g/mol. The number of aromatic nitrogens is 3. The molecular weight excluding hydrogens is 462 g/mol. The van der Waals surface area contributed by atoms with Crippen molar-refractivity contribution in [3.63, 3.8) is 0 Å². The summed E-state index contributed by atoms with van der Waals surface area (Å²) in [6.45, 7) is -0.647. The lowest BCUT2D eigenvalue weighted by Crippen LogP contribution is -2.38. The van der Waals surface area contributed by atoms with E-state index in [-0.39, 0.29) is 28.7 Å². The molecule has 0 bridgehead atoms. The Hall–Kier alpha value is -3.42. The highest BCUT2D eigenvalue weighted by atomic mass is 32.1. The summed E-state index contributed by atoms with van der Waals surface area (Å²) >= 11 is 0.248. The fourth-order valence-electron chi connectivity index (χ4n) is 3.01. The van der Waals surface area contributed by atoms with E-state index in [1.165, 1.54) is 24.4 Å². The maximum absolute atomic E-state index is 13.2. The van der Waals surface area contributed by atoms with E-state index in [0.717, 1.165) is 7.11 Å². The van der Waals surface area contributed by atoms with Gasteiger partial charge in [-0.1, -0.05) is 16.6 Å². The Balaban J connectivity index is 1.64. The minimum Gasteiger partial charge on any atom is -0.482 e. The molecule has 2 N–H and O–H groups in total. The van der Waals surface area contributed by atoms with Crippen LogP contribution in [0.4, 0.5) is 32.0 Å². The second-order valence-electron chi connectivity index (χ2n) is 6.46. The quantitative estimate of drug-likeness (QED) is 0.542. The molecule has 14 heteroatoms. The predicted octanol–water partition coefficient (Wildman–Crippen LogP) is 4.56. The zero-order valence-corrected chi connectivity index (χ0v) is 16.8. The molecule has 3 aromatic rings. The Morgan fingerprint density at radius 3 is 2.56 bits per heavy atom. The molecule has 0 spiro atoms. The fraction of sp³-hybridized carbons (Fsp3) is 0.222. The molecule has 3 heterocycles. The van der Waals surface area contributed by atoms with Gasteiger partial charge in [-0.3, -0.25) is 10.3 Å². The number of guanidine groups is 1. The number of hydrogen-bond donors (Lipinski definition) is 2. The van der Waals surface area contributed by atoms with E-state index in [2.05, 4.69) is 30.2 Å². The van der Waals surface area contributed by atoms with Gasteiger partial charge in [-0.2, -0.15) is 26.3 Å². The second-order valence-corrected chi connectivity index (χ2v) is 7.22. The molecule has 1 aliphatic heterocycles. The van der Waals surface area contributed by atoms with Gasteiger partial charge < -0.3 is 10.1 Å². The minimum absolute atomic E-state index is 0.00878. The molecule has 0 saturated heterocycles. The van der Waals surface area contributed by atoms with Gasteiger partial charge in [0.15, 0.2) is 4.88 Å². The molecule has 1 aliphatic rings. The Labute approximate surface area is 180 Å². The summed E-state index contributed by atoms with van der Waals surface area (Å²) in [5, 5.41) is 9.39. The van der Waals surface area contributed by atoms with Crippen LogP contribution in [0.3, 0.4) is 0 Å². The number of benzene rings is 1. The highest BCUT2D eigenvalue weighted by Gasteiger charge is 2.39. The molecular formula is C18H12F6N6OS. The predicted molar refractivity (Wildman–Crippen MR) is 105 cm³/mol. The van der Waals surface area contributed by atoms with Crippen LogP contribution in [0.25, 0.3) is 22.2 Å². The van der Waals surface area contributed by atoms with Gasteiger partial charge in [0.1, 0.15) is 11.3 Å². The van der Waals surface area contributed by atoms with Crippen molar-refractivity contribution in [2.24, 2.45) is 4.99 Å². The molecule has 0 amide bonds. The molecule has 0 unspecified atom stereocenters. The number of methoxy groups -OCH3 is 1. The normalized spacial score (nSPS) is 14.9. The van der Waals surface area contributed by atoms with Gasteiger partial charge in [0.25, 0.3) is 0 Å². The average Bonchev–Trinajstić information content (AvgIpc) is 3.23. The topological polar surface area (TPSA) is 84.3 Å². The summed E-state index contributed by atoms with van der Waals surface area (Å²) in [4.78, 5) is 7.09. The molecule has 4 rings (SSSR count). The van der Waals surface area contributed by atoms with Crippen molar-refractivity contribution in [2.75, 3.05) is 19.0 Å². The van der Waals surface area contributed by atoms with E-state index in [4.69, 9.17) is 4.74 Å². The number of ether oxygens (including phenoxy) is 1. The SMILES string of the molecule is COC1=C(C(F)(F)F)CN=C(Nc2ccnc3cc(-c4nnsc4C(F)(F)F)ccc23)N1. The number of hydrogen-bond acceptors (Lipinski definition) is 8. The second kappa shape index (κ2) is 7.93. The van der Waals surface area contributed by atoms with Crippen LogP contribution in [-0.4, -0.2) is 40.4 Å². The van der Waals surface area contributed by atoms with E-state index in [1.807, 2.05) is 0 Å². The maximum atomic E-state index is 13.2. The van der Waals surface area contributed by atoms with Crippen molar-refractivity contribution in [1.29, 1.82) is 0 Å². The molecule has 32 heavy (non-hydrogen) atoms. The number of anilines is 1. The monoisotopic (exact) mass is 474 g/mol. The van der Waals surface area contributed by atoms with Gasteiger partial charge in [-0.25, -0.2) is 4.99 Å². The lowest BCUT2D eigenvalue weighted by molar-refractivity contribution is -0.134. The van der Waals surface area contributed by atoms with Crippen molar-refractivity contribution < 1.29 is 31.1 Å². The van der Waals surface area contributed by atoms with Gasteiger partial charge in [0.05, 0.1) is 24.9 Å². The third-order valence-electron chi connectivity index (χ3n) is 4.46. The van der Waals surface area contributed by atoms with Crippen molar-refractivity contribution in [2.45, 2.75) is 12.4 Å². The summed E-state index contributed by atoms with van der Waals surface area (Å²) < 4.78 is 86.8. The Kier molecular flexibility index (Phi) is 5.40. The number of nitrogens with zero attached hydrogens (tertiary/aromatic N) is 4. The molecule has 0 fully saturated rings. The van der Waals surface area contributed by atoms with E-state index >= 15 is 0 Å². The number of alkyl halides is 6.